The minimum absolute atomic E-state index is 0.0697. The molecule has 1 aliphatic rings. The highest BCUT2D eigenvalue weighted by molar-refractivity contribution is 6.30. The first-order valence-electron chi connectivity index (χ1n) is 7.72. The van der Waals surface area contributed by atoms with Gasteiger partial charge in [-0.3, -0.25) is 19.2 Å². The van der Waals surface area contributed by atoms with Crippen LogP contribution in [0, 0.1) is 0 Å². The van der Waals surface area contributed by atoms with Gasteiger partial charge in [0.25, 0.3) is 0 Å². The van der Waals surface area contributed by atoms with Gasteiger partial charge in [0.05, 0.1) is 5.56 Å². The van der Waals surface area contributed by atoms with Crippen molar-refractivity contribution in [3.63, 3.8) is 0 Å². The van der Waals surface area contributed by atoms with E-state index in [1.165, 1.54) is 12.1 Å². The molecule has 0 atom stereocenters. The lowest BCUT2D eigenvalue weighted by atomic mass is 9.82. The molecule has 3 rings (SSSR count). The van der Waals surface area contributed by atoms with Crippen molar-refractivity contribution in [3.05, 3.63) is 58.1 Å². The van der Waals surface area contributed by atoms with Crippen molar-refractivity contribution in [1.29, 1.82) is 0 Å². The lowest BCUT2D eigenvalue weighted by Gasteiger charge is -2.22. The first kappa shape index (κ1) is 18.0. The van der Waals surface area contributed by atoms with Crippen LogP contribution in [0.5, 0.6) is 11.5 Å². The Kier molecular flexibility index (Phi) is 4.32. The Bertz CT molecular complexity index is 1050. The number of fused-ring (bicyclic) bond motifs is 2. The molecule has 0 aromatic heterocycles. The topological polar surface area (TPSA) is 124 Å². The van der Waals surface area contributed by atoms with E-state index in [9.17, 15) is 29.1 Å². The van der Waals surface area contributed by atoms with Crippen molar-refractivity contribution in [3.8, 4) is 11.5 Å². The molecule has 1 aliphatic carbocycles. The molecule has 0 bridgehead atoms. The summed E-state index contributed by atoms with van der Waals surface area (Å²) in [5, 5.41) is 9.46. The van der Waals surface area contributed by atoms with Crippen LogP contribution in [0.2, 0.25) is 0 Å². The summed E-state index contributed by atoms with van der Waals surface area (Å²) < 4.78 is 9.93. The molecule has 27 heavy (non-hydrogen) atoms. The number of benzene rings is 2. The van der Waals surface area contributed by atoms with Crippen LogP contribution in [0.4, 0.5) is 0 Å². The Morgan fingerprint density at radius 2 is 1.33 bits per heavy atom. The fourth-order valence-corrected chi connectivity index (χ4v) is 2.85. The fraction of sp³-hybridized carbons (Fsp3) is 0.105. The highest BCUT2D eigenvalue weighted by Crippen LogP contribution is 2.42. The summed E-state index contributed by atoms with van der Waals surface area (Å²) in [6, 6.07) is 6.92. The van der Waals surface area contributed by atoms with Gasteiger partial charge in [-0.15, -0.1) is 0 Å². The van der Waals surface area contributed by atoms with Gasteiger partial charge >= 0.3 is 17.9 Å². The van der Waals surface area contributed by atoms with Gasteiger partial charge in [-0.2, -0.15) is 0 Å². The maximum absolute atomic E-state index is 12.9. The normalized spacial score (nSPS) is 12.1. The van der Waals surface area contributed by atoms with Gasteiger partial charge < -0.3 is 14.6 Å². The van der Waals surface area contributed by atoms with E-state index in [0.29, 0.717) is 0 Å². The molecule has 0 radical (unpaired) electrons. The van der Waals surface area contributed by atoms with Crippen molar-refractivity contribution in [2.45, 2.75) is 13.8 Å². The van der Waals surface area contributed by atoms with Gasteiger partial charge in [0.2, 0.25) is 0 Å². The molecule has 1 N–H and O–H groups in total. The van der Waals surface area contributed by atoms with Crippen LogP contribution < -0.4 is 9.47 Å². The van der Waals surface area contributed by atoms with Crippen LogP contribution in [-0.2, 0) is 9.59 Å². The molecule has 8 nitrogen and oxygen atoms in total. The molecular formula is C19H12O8. The highest BCUT2D eigenvalue weighted by atomic mass is 16.6. The number of carbonyl (C=O) groups is 5. The van der Waals surface area contributed by atoms with E-state index in [2.05, 4.69) is 0 Å². The van der Waals surface area contributed by atoms with Gasteiger partial charge in [-0.1, -0.05) is 24.3 Å². The molecular weight excluding hydrogens is 356 g/mol. The summed E-state index contributed by atoms with van der Waals surface area (Å²) in [5.41, 5.74) is -0.986. The number of aromatic carboxylic acids is 1. The predicted octanol–water partition coefficient (Wildman–Crippen LogP) is 2.01. The molecule has 0 amide bonds. The zero-order valence-electron chi connectivity index (χ0n) is 14.2. The van der Waals surface area contributed by atoms with Crippen LogP contribution in [0.25, 0.3) is 0 Å². The minimum Gasteiger partial charge on any atom is -0.478 e. The third kappa shape index (κ3) is 2.97. The third-order valence-electron chi connectivity index (χ3n) is 3.85. The summed E-state index contributed by atoms with van der Waals surface area (Å²) >= 11 is 0. The molecule has 0 heterocycles. The van der Waals surface area contributed by atoms with Crippen LogP contribution in [-0.4, -0.2) is 34.6 Å². The summed E-state index contributed by atoms with van der Waals surface area (Å²) in [4.78, 5) is 60.4. The van der Waals surface area contributed by atoms with E-state index in [0.717, 1.165) is 19.9 Å². The summed E-state index contributed by atoms with van der Waals surface area (Å²) in [5.74, 6) is -5.73. The second kappa shape index (κ2) is 6.49. The molecule has 2 aromatic rings. The monoisotopic (exact) mass is 368 g/mol. The van der Waals surface area contributed by atoms with E-state index in [4.69, 9.17) is 9.47 Å². The largest absolute Gasteiger partial charge is 0.478 e. The number of ether oxygens (including phenoxy) is 2. The second-order valence-electron chi connectivity index (χ2n) is 5.70. The van der Waals surface area contributed by atoms with E-state index in [1.807, 2.05) is 0 Å². The fourth-order valence-electron chi connectivity index (χ4n) is 2.85. The lowest BCUT2D eigenvalue weighted by molar-refractivity contribution is -0.134. The van der Waals surface area contributed by atoms with Crippen molar-refractivity contribution in [1.82, 2.24) is 0 Å². The second-order valence-corrected chi connectivity index (χ2v) is 5.70. The van der Waals surface area contributed by atoms with E-state index < -0.39 is 46.5 Å². The lowest BCUT2D eigenvalue weighted by Crippen LogP contribution is -2.24. The van der Waals surface area contributed by atoms with Crippen LogP contribution in [0.1, 0.15) is 56.0 Å². The molecule has 0 spiro atoms. The maximum Gasteiger partial charge on any atom is 0.339 e. The number of hydrogen-bond acceptors (Lipinski definition) is 7. The van der Waals surface area contributed by atoms with Gasteiger partial charge in [-0.05, 0) is 6.07 Å². The summed E-state index contributed by atoms with van der Waals surface area (Å²) in [7, 11) is 0. The summed E-state index contributed by atoms with van der Waals surface area (Å²) in [6.07, 6.45) is 0. The molecule has 8 heteroatoms. The molecule has 0 saturated heterocycles. The quantitative estimate of drug-likeness (QED) is 0.550. The standard InChI is InChI=1S/C19H12O8/c1-8(20)26-17-13(19(24)25)7-12-14(18(17)27-9(2)21)16(23)11-6-4-3-5-10(11)15(12)22/h3-7H,1-2H3,(H,24,25). The zero-order valence-corrected chi connectivity index (χ0v) is 14.2. The molecule has 0 aliphatic heterocycles. The number of carboxylic acids is 1. The first-order valence-corrected chi connectivity index (χ1v) is 7.72. The zero-order chi connectivity index (χ0) is 19.9. The Morgan fingerprint density at radius 3 is 1.85 bits per heavy atom. The molecule has 0 unspecified atom stereocenters. The van der Waals surface area contributed by atoms with Gasteiger partial charge in [0.15, 0.2) is 23.1 Å². The van der Waals surface area contributed by atoms with Gasteiger partial charge in [-0.25, -0.2) is 4.79 Å². The number of esters is 2. The van der Waals surface area contributed by atoms with E-state index in [-0.39, 0.29) is 22.3 Å². The van der Waals surface area contributed by atoms with Crippen molar-refractivity contribution in [2.75, 3.05) is 0 Å². The van der Waals surface area contributed by atoms with Crippen molar-refractivity contribution >= 4 is 29.5 Å². The average Bonchev–Trinajstić information content (AvgIpc) is 2.59. The van der Waals surface area contributed by atoms with E-state index in [1.54, 1.807) is 12.1 Å². The number of hydrogen-bond donors (Lipinski definition) is 1. The molecule has 0 fully saturated rings. The van der Waals surface area contributed by atoms with E-state index >= 15 is 0 Å². The number of rotatable bonds is 3. The SMILES string of the molecule is CC(=O)Oc1c(C(=O)O)cc2c(c1OC(C)=O)C(=O)c1ccccc1C2=O. The molecule has 2 aromatic carbocycles. The Labute approximate surface area is 152 Å². The smallest absolute Gasteiger partial charge is 0.339 e. The highest BCUT2D eigenvalue weighted by Gasteiger charge is 2.37. The Morgan fingerprint density at radius 1 is 0.815 bits per heavy atom. The Hall–Kier alpha value is -3.81. The van der Waals surface area contributed by atoms with Crippen LogP contribution >= 0.6 is 0 Å². The van der Waals surface area contributed by atoms with Crippen molar-refractivity contribution < 1.29 is 38.6 Å². The predicted molar refractivity (Wildman–Crippen MR) is 89.3 cm³/mol. The Balaban J connectivity index is 2.41. The molecule has 0 saturated carbocycles. The number of carbonyl (C=O) groups excluding carboxylic acids is 4. The van der Waals surface area contributed by atoms with Crippen molar-refractivity contribution in [2.24, 2.45) is 0 Å². The third-order valence-corrected chi connectivity index (χ3v) is 3.85. The van der Waals surface area contributed by atoms with Crippen LogP contribution in [0.3, 0.4) is 0 Å². The van der Waals surface area contributed by atoms with Crippen LogP contribution in [0.15, 0.2) is 30.3 Å². The number of carboxylic acid groups (broad SMARTS) is 1. The average molecular weight is 368 g/mol. The first-order chi connectivity index (χ1) is 12.7. The minimum atomic E-state index is -1.53. The summed E-state index contributed by atoms with van der Waals surface area (Å²) in [6.45, 7) is 2.05. The van der Waals surface area contributed by atoms with Gasteiger partial charge in [0.1, 0.15) is 5.56 Å². The van der Waals surface area contributed by atoms with Gasteiger partial charge in [0, 0.05) is 30.5 Å². The molecule has 136 valence electrons. The number of ketones is 2. The maximum atomic E-state index is 12.9.